The maximum atomic E-state index is 13.0. The molecular formula is C38H28N2O8. The molecule has 4 N–H and O–H groups in total. The Labute approximate surface area is 275 Å². The average molecular weight is 641 g/mol. The number of carboxylic acids is 2. The smallest absolute Gasteiger partial charge is 0.336 e. The summed E-state index contributed by atoms with van der Waals surface area (Å²) < 4.78 is 12.0. The molecule has 0 atom stereocenters. The molecule has 0 aliphatic heterocycles. The Morgan fingerprint density at radius 1 is 0.500 bits per heavy atom. The minimum Gasteiger partial charge on any atom is -0.478 e. The van der Waals surface area contributed by atoms with E-state index in [0.717, 1.165) is 0 Å². The van der Waals surface area contributed by atoms with Gasteiger partial charge in [-0.2, -0.15) is 0 Å². The largest absolute Gasteiger partial charge is 0.478 e. The van der Waals surface area contributed by atoms with Crippen molar-refractivity contribution in [2.75, 3.05) is 10.6 Å². The molecule has 48 heavy (non-hydrogen) atoms. The quantitative estimate of drug-likeness (QED) is 0.106. The highest BCUT2D eigenvalue weighted by atomic mass is 16.5. The molecule has 2 amide bonds. The van der Waals surface area contributed by atoms with Gasteiger partial charge in [0.25, 0.3) is 11.8 Å². The lowest BCUT2D eigenvalue weighted by Crippen LogP contribution is -2.16. The normalized spacial score (nSPS) is 10.3. The summed E-state index contributed by atoms with van der Waals surface area (Å²) in [4.78, 5) is 49.3. The monoisotopic (exact) mass is 640 g/mol. The van der Waals surface area contributed by atoms with E-state index in [4.69, 9.17) is 9.47 Å². The molecule has 5 aromatic carbocycles. The Morgan fingerprint density at radius 3 is 1.25 bits per heavy atom. The minimum atomic E-state index is -1.23. The van der Waals surface area contributed by atoms with Crippen LogP contribution >= 0.6 is 0 Å². The van der Waals surface area contributed by atoms with Gasteiger partial charge in [-0.1, -0.05) is 55.6 Å². The van der Waals surface area contributed by atoms with Gasteiger partial charge >= 0.3 is 11.9 Å². The van der Waals surface area contributed by atoms with E-state index < -0.39 is 23.8 Å². The second-order valence-corrected chi connectivity index (χ2v) is 10.3. The molecule has 0 heterocycles. The summed E-state index contributed by atoms with van der Waals surface area (Å²) in [5.74, 6) is -2.01. The van der Waals surface area contributed by atoms with Crippen LogP contribution in [0.1, 0.15) is 52.6 Å². The van der Waals surface area contributed by atoms with E-state index in [1.165, 1.54) is 36.4 Å². The van der Waals surface area contributed by atoms with Crippen molar-refractivity contribution in [1.29, 1.82) is 0 Å². The number of aromatic carboxylic acids is 2. The number of amides is 2. The van der Waals surface area contributed by atoms with Crippen LogP contribution in [0.15, 0.2) is 122 Å². The number of ether oxygens (including phenoxy) is 2. The summed E-state index contributed by atoms with van der Waals surface area (Å²) in [6, 6.07) is 28.8. The maximum Gasteiger partial charge on any atom is 0.336 e. The topological polar surface area (TPSA) is 151 Å². The molecule has 0 spiro atoms. The number of carbonyl (C=O) groups is 4. The van der Waals surface area contributed by atoms with E-state index >= 15 is 0 Å². The molecule has 10 nitrogen and oxygen atoms in total. The van der Waals surface area contributed by atoms with E-state index in [9.17, 15) is 29.4 Å². The van der Waals surface area contributed by atoms with E-state index in [1.54, 1.807) is 84.9 Å². The van der Waals surface area contributed by atoms with Gasteiger partial charge in [-0.15, -0.1) is 0 Å². The van der Waals surface area contributed by atoms with E-state index in [1.807, 2.05) is 0 Å². The molecule has 5 rings (SSSR count). The molecule has 0 radical (unpaired) electrons. The van der Waals surface area contributed by atoms with Crippen LogP contribution < -0.4 is 20.1 Å². The number of anilines is 2. The van der Waals surface area contributed by atoms with Crippen LogP contribution in [0.5, 0.6) is 23.0 Å². The van der Waals surface area contributed by atoms with E-state index in [2.05, 4.69) is 23.8 Å². The molecular weight excluding hydrogens is 612 g/mol. The van der Waals surface area contributed by atoms with Crippen molar-refractivity contribution in [2.24, 2.45) is 0 Å². The lowest BCUT2D eigenvalue weighted by molar-refractivity contribution is 0.0683. The van der Waals surface area contributed by atoms with Crippen LogP contribution in [0.2, 0.25) is 0 Å². The van der Waals surface area contributed by atoms with Gasteiger partial charge in [0.05, 0.1) is 22.3 Å². The highest BCUT2D eigenvalue weighted by molar-refractivity contribution is 6.12. The van der Waals surface area contributed by atoms with Gasteiger partial charge in [-0.05, 0) is 71.8 Å². The number of carboxylic acid groups (broad SMARTS) is 2. The molecule has 0 saturated heterocycles. The fraction of sp³-hybridized carbons (Fsp3) is 0. The van der Waals surface area contributed by atoms with Crippen molar-refractivity contribution >= 4 is 47.3 Å². The van der Waals surface area contributed by atoms with Crippen molar-refractivity contribution in [3.8, 4) is 23.0 Å². The Balaban J connectivity index is 1.27. The molecule has 0 aliphatic rings. The summed E-state index contributed by atoms with van der Waals surface area (Å²) in [5, 5.41) is 24.5. The first kappa shape index (κ1) is 32.5. The molecule has 0 saturated carbocycles. The number of nitrogens with one attached hydrogen (secondary N) is 2. The van der Waals surface area contributed by atoms with Crippen molar-refractivity contribution in [2.45, 2.75) is 0 Å². The summed E-state index contributed by atoms with van der Waals surface area (Å²) in [6.45, 7) is 7.34. The van der Waals surface area contributed by atoms with E-state index in [-0.39, 0.29) is 22.3 Å². The zero-order chi connectivity index (χ0) is 34.2. The molecule has 0 aromatic heterocycles. The third-order valence-electron chi connectivity index (χ3n) is 6.97. The predicted octanol–water partition coefficient (Wildman–Crippen LogP) is 8.46. The Morgan fingerprint density at radius 2 is 0.875 bits per heavy atom. The fourth-order valence-electron chi connectivity index (χ4n) is 4.67. The van der Waals surface area contributed by atoms with Gasteiger partial charge in [0.15, 0.2) is 0 Å². The average Bonchev–Trinajstić information content (AvgIpc) is 3.08. The maximum absolute atomic E-state index is 13.0. The second kappa shape index (κ2) is 14.4. The van der Waals surface area contributed by atoms with Gasteiger partial charge < -0.3 is 30.3 Å². The first-order chi connectivity index (χ1) is 23.1. The summed E-state index contributed by atoms with van der Waals surface area (Å²) in [5.41, 5.74) is 1.68. The minimum absolute atomic E-state index is 0.00776. The number of rotatable bonds is 12. The SMILES string of the molecule is C=Cc1ccc(C(=O)O)c(C(=O)Nc2cccc(Oc3cccc(Oc4cccc(NC(=O)c5cc(C=C)ccc5C(=O)O)c4)c3)c2)c1. The highest BCUT2D eigenvalue weighted by Gasteiger charge is 2.19. The van der Waals surface area contributed by atoms with Crippen LogP contribution in [0.25, 0.3) is 12.2 Å². The second-order valence-electron chi connectivity index (χ2n) is 10.3. The fourth-order valence-corrected chi connectivity index (χ4v) is 4.67. The van der Waals surface area contributed by atoms with Gasteiger partial charge in [0, 0.05) is 29.6 Å². The summed E-state index contributed by atoms with van der Waals surface area (Å²) in [7, 11) is 0. The Bertz CT molecular complexity index is 1940. The van der Waals surface area contributed by atoms with Gasteiger partial charge in [-0.3, -0.25) is 9.59 Å². The first-order valence-corrected chi connectivity index (χ1v) is 14.4. The van der Waals surface area contributed by atoms with Crippen molar-refractivity contribution < 1.29 is 38.9 Å². The molecule has 0 bridgehead atoms. The molecule has 0 fully saturated rings. The van der Waals surface area contributed by atoms with Gasteiger partial charge in [-0.25, -0.2) is 9.59 Å². The molecule has 10 heteroatoms. The van der Waals surface area contributed by atoms with Crippen LogP contribution in [0, 0.1) is 0 Å². The third-order valence-corrected chi connectivity index (χ3v) is 6.97. The van der Waals surface area contributed by atoms with Crippen LogP contribution in [0.4, 0.5) is 11.4 Å². The lowest BCUT2D eigenvalue weighted by Gasteiger charge is -2.12. The van der Waals surface area contributed by atoms with Crippen molar-refractivity contribution in [3.05, 3.63) is 156 Å². The number of hydrogen-bond acceptors (Lipinski definition) is 6. The number of hydrogen-bond donors (Lipinski definition) is 4. The molecule has 5 aromatic rings. The highest BCUT2D eigenvalue weighted by Crippen LogP contribution is 2.31. The van der Waals surface area contributed by atoms with Crippen LogP contribution in [-0.4, -0.2) is 34.0 Å². The summed E-state index contributed by atoms with van der Waals surface area (Å²) >= 11 is 0. The zero-order valence-corrected chi connectivity index (χ0v) is 25.3. The predicted molar refractivity (Wildman–Crippen MR) is 182 cm³/mol. The molecule has 0 aliphatic carbocycles. The lowest BCUT2D eigenvalue weighted by atomic mass is 10.0. The summed E-state index contributed by atoms with van der Waals surface area (Å²) in [6.07, 6.45) is 3.04. The molecule has 238 valence electrons. The Hall–Kier alpha value is -6.94. The van der Waals surface area contributed by atoms with Gasteiger partial charge in [0.1, 0.15) is 23.0 Å². The van der Waals surface area contributed by atoms with Crippen LogP contribution in [0.3, 0.4) is 0 Å². The van der Waals surface area contributed by atoms with E-state index in [0.29, 0.717) is 45.5 Å². The number of benzene rings is 5. The van der Waals surface area contributed by atoms with Crippen molar-refractivity contribution in [1.82, 2.24) is 0 Å². The Kier molecular flexibility index (Phi) is 9.76. The zero-order valence-electron chi connectivity index (χ0n) is 25.3. The standard InChI is InChI=1S/C38H28N2O8/c1-3-23-14-16-31(37(43)44)33(18-23)35(41)39-25-8-5-10-27(20-25)47-29-12-7-13-30(22-29)48-28-11-6-9-26(21-28)40-36(42)34-19-24(4-2)15-17-32(34)38(45)46/h3-22H,1-2H2,(H,39,41)(H,40,42)(H,43,44)(H,45,46). The number of carbonyl (C=O) groups excluding carboxylic acids is 2. The van der Waals surface area contributed by atoms with Crippen LogP contribution in [-0.2, 0) is 0 Å². The third kappa shape index (κ3) is 7.82. The van der Waals surface area contributed by atoms with Gasteiger partial charge in [0.2, 0.25) is 0 Å². The van der Waals surface area contributed by atoms with Crippen molar-refractivity contribution in [3.63, 3.8) is 0 Å². The molecule has 0 unspecified atom stereocenters. The first-order valence-electron chi connectivity index (χ1n) is 14.4.